The normalized spacial score (nSPS) is 17.6. The molecule has 3 N–H and O–H groups in total. The molecule has 1 aliphatic heterocycles. The lowest BCUT2D eigenvalue weighted by Crippen LogP contribution is -2.55. The van der Waals surface area contributed by atoms with Crippen LogP contribution in [0.1, 0.15) is 6.92 Å². The highest BCUT2D eigenvalue weighted by Crippen LogP contribution is 2.18. The van der Waals surface area contributed by atoms with E-state index in [-0.39, 0.29) is 5.82 Å². The highest BCUT2D eigenvalue weighted by atomic mass is 19.3. The summed E-state index contributed by atoms with van der Waals surface area (Å²) in [6.07, 6.45) is 0. The maximum absolute atomic E-state index is 13.1. The molecule has 0 spiro atoms. The highest BCUT2D eigenvalue weighted by molar-refractivity contribution is 5.81. The molecule has 1 atom stereocenters. The van der Waals surface area contributed by atoms with E-state index in [2.05, 4.69) is 10.2 Å². The Kier molecular flexibility index (Phi) is 6.06. The van der Waals surface area contributed by atoms with Gasteiger partial charge in [0.25, 0.3) is 5.92 Å². The molecule has 1 aliphatic rings. The van der Waals surface area contributed by atoms with Crippen molar-refractivity contribution in [3.63, 3.8) is 0 Å². The Labute approximate surface area is 139 Å². The van der Waals surface area contributed by atoms with Gasteiger partial charge >= 0.3 is 0 Å². The second-order valence-electron chi connectivity index (χ2n) is 5.95. The lowest BCUT2D eigenvalue weighted by atomic mass is 10.2. The molecule has 1 fully saturated rings. The average Bonchev–Trinajstić information content (AvgIpc) is 2.60. The van der Waals surface area contributed by atoms with Crippen molar-refractivity contribution < 1.29 is 18.0 Å². The summed E-state index contributed by atoms with van der Waals surface area (Å²) in [5.41, 5.74) is 5.88. The first-order chi connectivity index (χ1) is 11.3. The Hall–Kier alpha value is -1.80. The summed E-state index contributed by atoms with van der Waals surface area (Å²) >= 11 is 0. The van der Waals surface area contributed by atoms with Gasteiger partial charge in [0, 0.05) is 31.9 Å². The number of hydrogen-bond donors (Lipinski definition) is 2. The van der Waals surface area contributed by atoms with Gasteiger partial charge in [0.2, 0.25) is 5.91 Å². The van der Waals surface area contributed by atoms with E-state index in [0.29, 0.717) is 26.2 Å². The van der Waals surface area contributed by atoms with Crippen LogP contribution in [0.2, 0.25) is 0 Å². The van der Waals surface area contributed by atoms with Crippen molar-refractivity contribution in [1.29, 1.82) is 0 Å². The monoisotopic (exact) mass is 344 g/mol. The molecule has 1 saturated heterocycles. The minimum Gasteiger partial charge on any atom is -0.369 e. The van der Waals surface area contributed by atoms with E-state index in [0.717, 1.165) is 5.69 Å². The van der Waals surface area contributed by atoms with Gasteiger partial charge in [-0.15, -0.1) is 0 Å². The van der Waals surface area contributed by atoms with Gasteiger partial charge in [-0.2, -0.15) is 0 Å². The van der Waals surface area contributed by atoms with E-state index < -0.39 is 31.0 Å². The van der Waals surface area contributed by atoms with Gasteiger partial charge in [0.15, 0.2) is 0 Å². The van der Waals surface area contributed by atoms with Gasteiger partial charge in [-0.3, -0.25) is 9.69 Å². The number of amides is 1. The van der Waals surface area contributed by atoms with E-state index in [1.807, 2.05) is 4.90 Å². The number of carbonyl (C=O) groups excluding carboxylic acids is 1. The van der Waals surface area contributed by atoms with Crippen molar-refractivity contribution in [3.8, 4) is 0 Å². The molecule has 0 aliphatic carbocycles. The molecule has 1 amide bonds. The minimum atomic E-state index is -3.09. The molecule has 0 radical (unpaired) electrons. The predicted molar refractivity (Wildman–Crippen MR) is 86.7 cm³/mol. The lowest BCUT2D eigenvalue weighted by Gasteiger charge is -2.38. The average molecular weight is 344 g/mol. The van der Waals surface area contributed by atoms with Crippen LogP contribution in [0.25, 0.3) is 0 Å². The zero-order valence-corrected chi connectivity index (χ0v) is 13.6. The van der Waals surface area contributed by atoms with Crippen LogP contribution in [-0.4, -0.2) is 62.0 Å². The summed E-state index contributed by atoms with van der Waals surface area (Å²) < 4.78 is 39.2. The Morgan fingerprint density at radius 3 is 2.38 bits per heavy atom. The maximum Gasteiger partial charge on any atom is 0.277 e. The predicted octanol–water partition coefficient (Wildman–Crippen LogP) is 1.05. The van der Waals surface area contributed by atoms with Crippen LogP contribution >= 0.6 is 0 Å². The molecule has 8 heteroatoms. The molecule has 1 aromatic carbocycles. The van der Waals surface area contributed by atoms with Crippen LogP contribution in [-0.2, 0) is 4.79 Å². The number of nitrogens with two attached hydrogens (primary N) is 1. The highest BCUT2D eigenvalue weighted by Gasteiger charge is 2.30. The number of anilines is 1. The lowest BCUT2D eigenvalue weighted by molar-refractivity contribution is -0.127. The van der Waals surface area contributed by atoms with Crippen molar-refractivity contribution in [2.45, 2.75) is 18.9 Å². The van der Waals surface area contributed by atoms with Crippen LogP contribution in [0.15, 0.2) is 24.3 Å². The zero-order valence-electron chi connectivity index (χ0n) is 13.6. The quantitative estimate of drug-likeness (QED) is 0.810. The number of benzene rings is 1. The fourth-order valence-corrected chi connectivity index (χ4v) is 2.62. The second-order valence-corrected chi connectivity index (χ2v) is 5.95. The molecule has 1 unspecified atom stereocenters. The van der Waals surface area contributed by atoms with E-state index >= 15 is 0 Å². The molecule has 2 rings (SSSR count). The van der Waals surface area contributed by atoms with E-state index in [9.17, 15) is 18.0 Å². The fourth-order valence-electron chi connectivity index (χ4n) is 2.62. The van der Waals surface area contributed by atoms with Crippen LogP contribution in [0, 0.1) is 5.82 Å². The Bertz CT molecular complexity index is 545. The molecule has 5 nitrogen and oxygen atoms in total. The summed E-state index contributed by atoms with van der Waals surface area (Å²) in [6, 6.07) is 5.77. The molecule has 24 heavy (non-hydrogen) atoms. The van der Waals surface area contributed by atoms with E-state index in [4.69, 9.17) is 5.73 Å². The summed E-state index contributed by atoms with van der Waals surface area (Å²) in [5.74, 6) is -3.80. The molecule has 0 aromatic heterocycles. The van der Waals surface area contributed by atoms with Gasteiger partial charge in [-0.25, -0.2) is 13.2 Å². The molecule has 1 aromatic rings. The van der Waals surface area contributed by atoms with Crippen molar-refractivity contribution in [2.75, 3.05) is 44.2 Å². The molecule has 0 saturated carbocycles. The first-order valence-electron chi connectivity index (χ1n) is 7.92. The maximum atomic E-state index is 13.1. The smallest absolute Gasteiger partial charge is 0.277 e. The van der Waals surface area contributed by atoms with Crippen molar-refractivity contribution in [2.24, 2.45) is 5.73 Å². The topological polar surface area (TPSA) is 61.6 Å². The number of carbonyl (C=O) groups is 1. The fraction of sp³-hybridized carbons (Fsp3) is 0.562. The van der Waals surface area contributed by atoms with E-state index in [1.54, 1.807) is 19.1 Å². The number of rotatable bonds is 6. The number of alkyl halides is 2. The first kappa shape index (κ1) is 18.5. The molecule has 134 valence electrons. The van der Waals surface area contributed by atoms with E-state index in [1.165, 1.54) is 12.1 Å². The molecular weight excluding hydrogens is 321 g/mol. The third-order valence-electron chi connectivity index (χ3n) is 4.25. The molecule has 1 heterocycles. The van der Waals surface area contributed by atoms with Crippen LogP contribution in [0.5, 0.6) is 0 Å². The van der Waals surface area contributed by atoms with Gasteiger partial charge in [0.1, 0.15) is 5.82 Å². The Morgan fingerprint density at radius 2 is 1.83 bits per heavy atom. The number of nitrogens with one attached hydrogen (secondary N) is 1. The molecule has 0 bridgehead atoms. The van der Waals surface area contributed by atoms with Gasteiger partial charge in [0.05, 0.1) is 19.1 Å². The largest absolute Gasteiger partial charge is 0.369 e. The molecular formula is C16H23F3N4O. The number of hydrogen-bond acceptors (Lipinski definition) is 4. The summed E-state index contributed by atoms with van der Waals surface area (Å²) in [6.45, 7) is 2.77. The minimum absolute atomic E-state index is 0.281. The first-order valence-corrected chi connectivity index (χ1v) is 7.92. The van der Waals surface area contributed by atoms with Crippen LogP contribution < -0.4 is 16.0 Å². The summed E-state index contributed by atoms with van der Waals surface area (Å²) in [4.78, 5) is 16.1. The standard InChI is InChI=1S/C16H23F3N4O/c1-12(15(24)21-11-16(18,19)10-20)22-6-8-23(9-7-22)14-4-2-13(17)3-5-14/h2-5,12H,6-11,20H2,1H3,(H,21,24). The third-order valence-corrected chi connectivity index (χ3v) is 4.25. The van der Waals surface area contributed by atoms with Crippen molar-refractivity contribution in [1.82, 2.24) is 10.2 Å². The summed E-state index contributed by atoms with van der Waals surface area (Å²) in [7, 11) is 0. The zero-order chi connectivity index (χ0) is 17.7. The number of halogens is 3. The Balaban J connectivity index is 1.82. The van der Waals surface area contributed by atoms with Crippen LogP contribution in [0.4, 0.5) is 18.9 Å². The van der Waals surface area contributed by atoms with Crippen molar-refractivity contribution >= 4 is 11.6 Å². The van der Waals surface area contributed by atoms with Gasteiger partial charge in [-0.05, 0) is 31.2 Å². The second kappa shape index (κ2) is 7.85. The summed E-state index contributed by atoms with van der Waals surface area (Å²) in [5, 5.41) is 2.25. The number of piperazine rings is 1. The van der Waals surface area contributed by atoms with Gasteiger partial charge < -0.3 is 16.0 Å². The van der Waals surface area contributed by atoms with Crippen LogP contribution in [0.3, 0.4) is 0 Å². The van der Waals surface area contributed by atoms with Gasteiger partial charge in [-0.1, -0.05) is 0 Å². The SMILES string of the molecule is CC(C(=O)NCC(F)(F)CN)N1CCN(c2ccc(F)cc2)CC1. The van der Waals surface area contributed by atoms with Crippen molar-refractivity contribution in [3.05, 3.63) is 30.1 Å². The third kappa shape index (κ3) is 4.85. The number of nitrogens with zero attached hydrogens (tertiary/aromatic N) is 2. The Morgan fingerprint density at radius 1 is 1.25 bits per heavy atom.